The fraction of sp³-hybridized carbons (Fsp3) is 0.400. The second kappa shape index (κ2) is 9.89. The molecule has 0 bridgehead atoms. The summed E-state index contributed by atoms with van der Waals surface area (Å²) in [5.74, 6) is 2.24. The lowest BCUT2D eigenvalue weighted by Gasteiger charge is -2.22. The number of ether oxygens (including phenoxy) is 4. The van der Waals surface area contributed by atoms with Gasteiger partial charge in [0.25, 0.3) is 0 Å². The zero-order valence-corrected chi connectivity index (χ0v) is 15.7. The van der Waals surface area contributed by atoms with Crippen LogP contribution in [0.3, 0.4) is 0 Å². The quantitative estimate of drug-likeness (QED) is 0.657. The first-order chi connectivity index (χ1) is 12.6. The summed E-state index contributed by atoms with van der Waals surface area (Å²) in [6.07, 6.45) is 7.40. The van der Waals surface area contributed by atoms with Crippen molar-refractivity contribution in [2.75, 3.05) is 33.3 Å². The van der Waals surface area contributed by atoms with Gasteiger partial charge in [-0.3, -0.25) is 0 Å². The summed E-state index contributed by atoms with van der Waals surface area (Å²) < 4.78 is 21.1. The third-order valence-corrected chi connectivity index (χ3v) is 4.00. The predicted octanol–water partition coefficient (Wildman–Crippen LogP) is 3.46. The molecule has 1 aliphatic rings. The van der Waals surface area contributed by atoms with Gasteiger partial charge >= 0.3 is 0 Å². The van der Waals surface area contributed by atoms with Crippen LogP contribution in [0.2, 0.25) is 0 Å². The smallest absolute Gasteiger partial charge is 0.176 e. The largest absolute Gasteiger partial charge is 0.497 e. The molecule has 6 nitrogen and oxygen atoms in total. The maximum absolute atomic E-state index is 10.1. The predicted molar refractivity (Wildman–Crippen MR) is 101 cm³/mol. The van der Waals surface area contributed by atoms with E-state index in [0.29, 0.717) is 18.1 Å². The van der Waals surface area contributed by atoms with Crippen LogP contribution in [-0.4, -0.2) is 39.3 Å². The Morgan fingerprint density at radius 1 is 1.19 bits per heavy atom. The van der Waals surface area contributed by atoms with Crippen LogP contribution >= 0.6 is 0 Å². The number of anilines is 1. The second-order valence-electron chi connectivity index (χ2n) is 5.71. The zero-order chi connectivity index (χ0) is 18.9. The molecule has 1 aromatic carbocycles. The standard InChI is InChI=1S/C20H27NO5/c1-5-26-20(22)13-19(14-6-8-16(23-2)9-7-14)21-15-10-17(24-3)12-18(11-15)25-4/h6,8-14,20-22H,5,7H2,1-4H3/b19-13+. The zero-order valence-electron chi connectivity index (χ0n) is 15.7. The van der Waals surface area contributed by atoms with Crippen molar-refractivity contribution in [2.45, 2.75) is 19.6 Å². The first-order valence-corrected chi connectivity index (χ1v) is 8.53. The average molecular weight is 361 g/mol. The first kappa shape index (κ1) is 19.9. The van der Waals surface area contributed by atoms with Gasteiger partial charge in [-0.2, -0.15) is 0 Å². The maximum atomic E-state index is 10.1. The van der Waals surface area contributed by atoms with Crippen molar-refractivity contribution in [2.24, 2.45) is 5.92 Å². The van der Waals surface area contributed by atoms with Gasteiger partial charge in [0.2, 0.25) is 0 Å². The molecule has 1 aliphatic carbocycles. The lowest BCUT2D eigenvalue weighted by Crippen LogP contribution is -2.17. The van der Waals surface area contributed by atoms with Gasteiger partial charge < -0.3 is 29.4 Å². The molecule has 0 aliphatic heterocycles. The number of hydrogen-bond donors (Lipinski definition) is 2. The Morgan fingerprint density at radius 2 is 1.88 bits per heavy atom. The monoisotopic (exact) mass is 361 g/mol. The van der Waals surface area contributed by atoms with Crippen molar-refractivity contribution in [3.8, 4) is 11.5 Å². The third-order valence-electron chi connectivity index (χ3n) is 4.00. The van der Waals surface area contributed by atoms with Crippen molar-refractivity contribution < 1.29 is 24.1 Å². The fourth-order valence-corrected chi connectivity index (χ4v) is 2.66. The minimum atomic E-state index is -0.990. The molecule has 1 aromatic rings. The molecular formula is C20H27NO5. The number of nitrogens with one attached hydrogen (secondary N) is 1. The molecule has 2 atom stereocenters. The van der Waals surface area contributed by atoms with Crippen LogP contribution in [0.4, 0.5) is 5.69 Å². The van der Waals surface area contributed by atoms with Gasteiger partial charge in [-0.15, -0.1) is 0 Å². The lowest BCUT2D eigenvalue weighted by atomic mass is 9.95. The van der Waals surface area contributed by atoms with E-state index in [2.05, 4.69) is 5.32 Å². The van der Waals surface area contributed by atoms with Crippen molar-refractivity contribution in [1.82, 2.24) is 0 Å². The number of hydrogen-bond acceptors (Lipinski definition) is 6. The van der Waals surface area contributed by atoms with Crippen LogP contribution in [0.5, 0.6) is 11.5 Å². The molecule has 2 unspecified atom stereocenters. The minimum Gasteiger partial charge on any atom is -0.497 e. The molecule has 26 heavy (non-hydrogen) atoms. The third kappa shape index (κ3) is 5.54. The SMILES string of the molecule is CCOC(O)/C=C(/Nc1cc(OC)cc(OC)c1)C1C=CC(OC)=CC1. The highest BCUT2D eigenvalue weighted by Crippen LogP contribution is 2.30. The molecule has 2 rings (SSSR count). The molecule has 0 aromatic heterocycles. The van der Waals surface area contributed by atoms with Crippen LogP contribution in [-0.2, 0) is 9.47 Å². The number of aliphatic hydroxyl groups excluding tert-OH is 1. The van der Waals surface area contributed by atoms with Gasteiger partial charge in [-0.05, 0) is 31.6 Å². The summed E-state index contributed by atoms with van der Waals surface area (Å²) in [7, 11) is 4.86. The van der Waals surface area contributed by atoms with Crippen molar-refractivity contribution in [1.29, 1.82) is 0 Å². The lowest BCUT2D eigenvalue weighted by molar-refractivity contribution is -0.0593. The van der Waals surface area contributed by atoms with E-state index in [1.165, 1.54) is 0 Å². The summed E-state index contributed by atoms with van der Waals surface area (Å²) in [5.41, 5.74) is 1.62. The fourth-order valence-electron chi connectivity index (χ4n) is 2.66. The van der Waals surface area contributed by atoms with Gasteiger partial charge in [-0.1, -0.05) is 6.08 Å². The summed E-state index contributed by atoms with van der Waals surface area (Å²) in [6, 6.07) is 5.54. The Balaban J connectivity index is 2.27. The molecule has 0 spiro atoms. The highest BCUT2D eigenvalue weighted by Gasteiger charge is 2.17. The second-order valence-corrected chi connectivity index (χ2v) is 5.71. The highest BCUT2D eigenvalue weighted by molar-refractivity contribution is 5.57. The number of rotatable bonds is 9. The molecule has 0 saturated carbocycles. The topological polar surface area (TPSA) is 69.2 Å². The summed E-state index contributed by atoms with van der Waals surface area (Å²) in [5, 5.41) is 13.4. The van der Waals surface area contributed by atoms with Crippen molar-refractivity contribution in [3.63, 3.8) is 0 Å². The van der Waals surface area contributed by atoms with Crippen LogP contribution in [0, 0.1) is 5.92 Å². The summed E-state index contributed by atoms with van der Waals surface area (Å²) in [6.45, 7) is 2.26. The van der Waals surface area contributed by atoms with Crippen LogP contribution in [0.1, 0.15) is 13.3 Å². The Hall–Kier alpha value is -2.44. The van der Waals surface area contributed by atoms with Gasteiger partial charge in [0.15, 0.2) is 6.29 Å². The number of aliphatic hydroxyl groups is 1. The molecule has 142 valence electrons. The number of benzene rings is 1. The van der Waals surface area contributed by atoms with Gasteiger partial charge in [0.05, 0.1) is 21.3 Å². The van der Waals surface area contributed by atoms with E-state index < -0.39 is 6.29 Å². The molecule has 0 fully saturated rings. The molecule has 2 N–H and O–H groups in total. The minimum absolute atomic E-state index is 0.0567. The first-order valence-electron chi connectivity index (χ1n) is 8.53. The Bertz CT molecular complexity index is 659. The Labute approximate surface area is 154 Å². The molecule has 0 amide bonds. The van der Waals surface area contributed by atoms with Crippen LogP contribution in [0.15, 0.2) is 54.0 Å². The van der Waals surface area contributed by atoms with E-state index in [-0.39, 0.29) is 5.92 Å². The van der Waals surface area contributed by atoms with E-state index in [1.54, 1.807) is 33.5 Å². The van der Waals surface area contributed by atoms with Gasteiger partial charge in [0.1, 0.15) is 17.3 Å². The number of methoxy groups -OCH3 is 3. The van der Waals surface area contributed by atoms with Crippen LogP contribution in [0.25, 0.3) is 0 Å². The highest BCUT2D eigenvalue weighted by atomic mass is 16.6. The molecular weight excluding hydrogens is 334 g/mol. The van der Waals surface area contributed by atoms with Gasteiger partial charge in [0, 0.05) is 42.1 Å². The van der Waals surface area contributed by atoms with E-state index in [1.807, 2.05) is 37.3 Å². The molecule has 0 heterocycles. The summed E-state index contributed by atoms with van der Waals surface area (Å²) in [4.78, 5) is 0. The molecule has 0 radical (unpaired) electrons. The Kier molecular flexibility index (Phi) is 7.56. The summed E-state index contributed by atoms with van der Waals surface area (Å²) >= 11 is 0. The van der Waals surface area contributed by atoms with E-state index >= 15 is 0 Å². The normalized spacial score (nSPS) is 18.1. The maximum Gasteiger partial charge on any atom is 0.176 e. The average Bonchev–Trinajstić information content (AvgIpc) is 2.67. The Morgan fingerprint density at radius 3 is 2.38 bits per heavy atom. The van der Waals surface area contributed by atoms with Crippen molar-refractivity contribution in [3.05, 3.63) is 54.0 Å². The van der Waals surface area contributed by atoms with E-state index in [4.69, 9.17) is 18.9 Å². The van der Waals surface area contributed by atoms with Crippen LogP contribution < -0.4 is 14.8 Å². The van der Waals surface area contributed by atoms with Crippen molar-refractivity contribution >= 4 is 5.69 Å². The number of allylic oxidation sites excluding steroid dienone is 3. The van der Waals surface area contributed by atoms with Gasteiger partial charge in [-0.25, -0.2) is 0 Å². The molecule has 6 heteroatoms. The molecule has 0 saturated heterocycles. The van der Waals surface area contributed by atoms with E-state index in [9.17, 15) is 5.11 Å². The van der Waals surface area contributed by atoms with E-state index in [0.717, 1.165) is 23.6 Å².